The molecule has 2 aromatic rings. The van der Waals surface area contributed by atoms with Crippen LogP contribution in [-0.2, 0) is 4.79 Å². The van der Waals surface area contributed by atoms with Gasteiger partial charge in [0.1, 0.15) is 5.82 Å². The van der Waals surface area contributed by atoms with Gasteiger partial charge < -0.3 is 9.80 Å². The van der Waals surface area contributed by atoms with Crippen LogP contribution in [0.2, 0.25) is 0 Å². The number of nitrogens with one attached hydrogen (secondary N) is 1. The molecule has 4 heterocycles. The Labute approximate surface area is 148 Å². The molecule has 2 aliphatic heterocycles. The van der Waals surface area contributed by atoms with E-state index in [2.05, 4.69) is 25.0 Å². The molecular formula is C19H25N5O. The molecule has 25 heavy (non-hydrogen) atoms. The quantitative estimate of drug-likeness (QED) is 0.933. The van der Waals surface area contributed by atoms with Crippen molar-refractivity contribution in [2.75, 3.05) is 31.1 Å². The summed E-state index contributed by atoms with van der Waals surface area (Å²) in [6, 6.07) is 8.00. The minimum atomic E-state index is 0.0799. The zero-order chi connectivity index (χ0) is 17.1. The molecule has 2 saturated heterocycles. The average Bonchev–Trinajstić information content (AvgIpc) is 3.23. The highest BCUT2D eigenvalue weighted by molar-refractivity contribution is 5.80. The molecule has 2 atom stereocenters. The Morgan fingerprint density at radius 2 is 2.00 bits per heavy atom. The smallest absolute Gasteiger partial charge is 0.227 e. The van der Waals surface area contributed by atoms with Gasteiger partial charge in [-0.2, -0.15) is 5.10 Å². The Kier molecular flexibility index (Phi) is 4.68. The lowest BCUT2D eigenvalue weighted by Gasteiger charge is -2.38. The van der Waals surface area contributed by atoms with Crippen LogP contribution in [0.1, 0.15) is 37.3 Å². The van der Waals surface area contributed by atoms with Crippen molar-refractivity contribution in [3.8, 4) is 0 Å². The van der Waals surface area contributed by atoms with Crippen LogP contribution in [0.25, 0.3) is 0 Å². The molecule has 2 aromatic heterocycles. The number of hydrogen-bond acceptors (Lipinski definition) is 4. The minimum Gasteiger partial charge on any atom is -0.356 e. The molecule has 0 spiro atoms. The van der Waals surface area contributed by atoms with E-state index in [1.165, 1.54) is 0 Å². The summed E-state index contributed by atoms with van der Waals surface area (Å²) in [5.74, 6) is 1.76. The number of anilines is 1. The van der Waals surface area contributed by atoms with Crippen molar-refractivity contribution in [1.82, 2.24) is 20.1 Å². The van der Waals surface area contributed by atoms with Crippen LogP contribution in [0.15, 0.2) is 36.7 Å². The van der Waals surface area contributed by atoms with Crippen LogP contribution in [-0.4, -0.2) is 52.2 Å². The maximum atomic E-state index is 13.1. The number of aromatic nitrogens is 3. The molecule has 2 fully saturated rings. The molecule has 1 N–H and O–H groups in total. The molecule has 1 amide bonds. The van der Waals surface area contributed by atoms with Gasteiger partial charge in [-0.1, -0.05) is 6.07 Å². The van der Waals surface area contributed by atoms with Crippen LogP contribution < -0.4 is 4.90 Å². The third kappa shape index (κ3) is 3.52. The summed E-state index contributed by atoms with van der Waals surface area (Å²) in [5, 5.41) is 7.13. The van der Waals surface area contributed by atoms with Gasteiger partial charge in [0.2, 0.25) is 5.91 Å². The van der Waals surface area contributed by atoms with Gasteiger partial charge in [-0.3, -0.25) is 9.89 Å². The molecule has 0 aliphatic carbocycles. The molecule has 2 aliphatic rings. The van der Waals surface area contributed by atoms with Gasteiger partial charge in [-0.15, -0.1) is 0 Å². The van der Waals surface area contributed by atoms with Gasteiger partial charge in [0, 0.05) is 50.2 Å². The number of pyridine rings is 1. The van der Waals surface area contributed by atoms with E-state index in [1.54, 1.807) is 6.20 Å². The summed E-state index contributed by atoms with van der Waals surface area (Å²) in [4.78, 5) is 21.9. The molecule has 0 bridgehead atoms. The first-order valence-corrected chi connectivity index (χ1v) is 9.25. The molecule has 0 aromatic carbocycles. The van der Waals surface area contributed by atoms with E-state index >= 15 is 0 Å². The molecule has 0 unspecified atom stereocenters. The van der Waals surface area contributed by atoms with Crippen molar-refractivity contribution in [2.45, 2.75) is 31.6 Å². The van der Waals surface area contributed by atoms with E-state index in [0.717, 1.165) is 63.4 Å². The maximum absolute atomic E-state index is 13.1. The number of piperidine rings is 2. The highest BCUT2D eigenvalue weighted by atomic mass is 16.2. The number of carbonyl (C=O) groups excluding carboxylic acids is 1. The van der Waals surface area contributed by atoms with Crippen LogP contribution in [0.4, 0.5) is 5.82 Å². The summed E-state index contributed by atoms with van der Waals surface area (Å²) in [5.41, 5.74) is 1.15. The second-order valence-electron chi connectivity index (χ2n) is 7.11. The lowest BCUT2D eigenvalue weighted by Crippen LogP contribution is -2.47. The van der Waals surface area contributed by atoms with Gasteiger partial charge in [-0.25, -0.2) is 4.98 Å². The summed E-state index contributed by atoms with van der Waals surface area (Å²) < 4.78 is 0. The number of aromatic amines is 1. The number of hydrogen-bond donors (Lipinski definition) is 1. The lowest BCUT2D eigenvalue weighted by molar-refractivity contribution is -0.137. The van der Waals surface area contributed by atoms with Crippen LogP contribution in [0.3, 0.4) is 0 Å². The standard InChI is InChI=1S/C19H25N5O/c25-19(24-12-3-5-15(13-24)17-8-10-21-22-17)16-6-4-11-23(14-16)18-7-1-2-9-20-18/h1-2,7-10,15-16H,3-6,11-14H2,(H,21,22)/t15-,16-/m0/s1. The SMILES string of the molecule is O=C([C@H]1CCCN(c2ccccn2)C1)N1CCC[C@H](c2ccn[nH]2)C1. The van der Waals surface area contributed by atoms with Crippen molar-refractivity contribution < 1.29 is 4.79 Å². The molecule has 0 radical (unpaired) electrons. The van der Waals surface area contributed by atoms with Crippen LogP contribution in [0.5, 0.6) is 0 Å². The Bertz CT molecular complexity index is 687. The van der Waals surface area contributed by atoms with E-state index in [1.807, 2.05) is 30.5 Å². The van der Waals surface area contributed by atoms with Gasteiger partial charge >= 0.3 is 0 Å². The van der Waals surface area contributed by atoms with Crippen molar-refractivity contribution in [3.63, 3.8) is 0 Å². The van der Waals surface area contributed by atoms with Gasteiger partial charge in [0.25, 0.3) is 0 Å². The predicted octanol–water partition coefficient (Wildman–Crippen LogP) is 2.43. The Balaban J connectivity index is 1.41. The first-order valence-electron chi connectivity index (χ1n) is 9.25. The Hall–Kier alpha value is -2.37. The second-order valence-corrected chi connectivity index (χ2v) is 7.11. The molecular weight excluding hydrogens is 314 g/mol. The molecule has 6 nitrogen and oxygen atoms in total. The van der Waals surface area contributed by atoms with Crippen molar-refractivity contribution in [2.24, 2.45) is 5.92 Å². The maximum Gasteiger partial charge on any atom is 0.227 e. The van der Waals surface area contributed by atoms with E-state index < -0.39 is 0 Å². The highest BCUT2D eigenvalue weighted by Crippen LogP contribution is 2.28. The lowest BCUT2D eigenvalue weighted by atomic mass is 9.91. The third-order valence-corrected chi connectivity index (χ3v) is 5.44. The molecule has 132 valence electrons. The monoisotopic (exact) mass is 339 g/mol. The summed E-state index contributed by atoms with van der Waals surface area (Å²) in [7, 11) is 0. The fraction of sp³-hybridized carbons (Fsp3) is 0.526. The fourth-order valence-electron chi connectivity index (χ4n) is 4.11. The number of carbonyl (C=O) groups is 1. The molecule has 4 rings (SSSR count). The van der Waals surface area contributed by atoms with Crippen molar-refractivity contribution in [3.05, 3.63) is 42.4 Å². The van der Waals surface area contributed by atoms with Crippen molar-refractivity contribution >= 4 is 11.7 Å². The summed E-state index contributed by atoms with van der Waals surface area (Å²) in [6.45, 7) is 3.45. The van der Waals surface area contributed by atoms with E-state index in [9.17, 15) is 4.79 Å². The van der Waals surface area contributed by atoms with E-state index in [0.29, 0.717) is 11.8 Å². The Morgan fingerprint density at radius 1 is 1.08 bits per heavy atom. The highest BCUT2D eigenvalue weighted by Gasteiger charge is 2.32. The zero-order valence-corrected chi connectivity index (χ0v) is 14.5. The first-order chi connectivity index (χ1) is 12.3. The zero-order valence-electron chi connectivity index (χ0n) is 14.5. The average molecular weight is 339 g/mol. The van der Waals surface area contributed by atoms with Crippen molar-refractivity contribution in [1.29, 1.82) is 0 Å². The second kappa shape index (κ2) is 7.25. The van der Waals surface area contributed by atoms with E-state index in [4.69, 9.17) is 0 Å². The summed E-state index contributed by atoms with van der Waals surface area (Å²) >= 11 is 0. The predicted molar refractivity (Wildman–Crippen MR) is 96.3 cm³/mol. The topological polar surface area (TPSA) is 65.1 Å². The molecule has 6 heteroatoms. The van der Waals surface area contributed by atoms with E-state index in [-0.39, 0.29) is 5.92 Å². The Morgan fingerprint density at radius 3 is 2.80 bits per heavy atom. The minimum absolute atomic E-state index is 0.0799. The van der Waals surface area contributed by atoms with Crippen LogP contribution in [0, 0.1) is 5.92 Å². The number of likely N-dealkylation sites (tertiary alicyclic amines) is 1. The summed E-state index contributed by atoms with van der Waals surface area (Å²) in [6.07, 6.45) is 7.82. The number of H-pyrrole nitrogens is 1. The fourth-order valence-corrected chi connectivity index (χ4v) is 4.11. The largest absolute Gasteiger partial charge is 0.356 e. The molecule has 0 saturated carbocycles. The first kappa shape index (κ1) is 16.1. The number of nitrogens with zero attached hydrogens (tertiary/aromatic N) is 4. The third-order valence-electron chi connectivity index (χ3n) is 5.44. The van der Waals surface area contributed by atoms with Gasteiger partial charge in [0.15, 0.2) is 0 Å². The number of rotatable bonds is 3. The number of amides is 1. The van der Waals surface area contributed by atoms with Crippen LogP contribution >= 0.6 is 0 Å². The normalized spacial score (nSPS) is 24.3. The van der Waals surface area contributed by atoms with Gasteiger partial charge in [-0.05, 0) is 43.9 Å². The van der Waals surface area contributed by atoms with Gasteiger partial charge in [0.05, 0.1) is 5.92 Å².